The van der Waals surface area contributed by atoms with Gasteiger partial charge in [0.2, 0.25) is 0 Å². The summed E-state index contributed by atoms with van der Waals surface area (Å²) in [6.07, 6.45) is 1.78. The zero-order valence-electron chi connectivity index (χ0n) is 14.3. The van der Waals surface area contributed by atoms with Crippen LogP contribution in [0.1, 0.15) is 31.4 Å². The third-order valence-electron chi connectivity index (χ3n) is 5.03. The minimum absolute atomic E-state index is 0.0250. The van der Waals surface area contributed by atoms with Gasteiger partial charge in [-0.1, -0.05) is 41.9 Å². The largest absolute Gasteiger partial charge is 0.381 e. The molecule has 2 N–H and O–H groups in total. The molecule has 4 nitrogen and oxygen atoms in total. The number of aliphatic imine (C=N–C) groups is 1. The van der Waals surface area contributed by atoms with Crippen molar-refractivity contribution in [3.8, 4) is 0 Å². The minimum Gasteiger partial charge on any atom is -0.381 e. The second-order valence-corrected chi connectivity index (χ2v) is 7.07. The summed E-state index contributed by atoms with van der Waals surface area (Å²) in [5.74, 6) is 0.974. The van der Waals surface area contributed by atoms with Crippen molar-refractivity contribution in [2.24, 2.45) is 4.99 Å². The van der Waals surface area contributed by atoms with Gasteiger partial charge in [0.1, 0.15) is 5.84 Å². The Balaban J connectivity index is 1.73. The summed E-state index contributed by atoms with van der Waals surface area (Å²) in [6.45, 7) is 3.55. The summed E-state index contributed by atoms with van der Waals surface area (Å²) >= 11 is 6.37. The fraction of sp³-hybridized carbons (Fsp3) is 0.350. The SMILES string of the molecule is CC(N=C1Nc2ccccc2NC12CCOCC2)c1ccccc1Cl. The van der Waals surface area contributed by atoms with Crippen LogP contribution in [0.5, 0.6) is 0 Å². The maximum atomic E-state index is 6.37. The fourth-order valence-corrected chi connectivity index (χ4v) is 3.87. The number of hydrogen-bond donors (Lipinski definition) is 2. The normalized spacial score (nSPS) is 21.3. The number of anilines is 2. The number of rotatable bonds is 2. The molecule has 25 heavy (non-hydrogen) atoms. The van der Waals surface area contributed by atoms with Crippen molar-refractivity contribution >= 4 is 28.8 Å². The van der Waals surface area contributed by atoms with Crippen molar-refractivity contribution in [3.05, 3.63) is 59.1 Å². The van der Waals surface area contributed by atoms with E-state index in [1.165, 1.54) is 0 Å². The smallest absolute Gasteiger partial charge is 0.128 e. The topological polar surface area (TPSA) is 45.7 Å². The molecule has 0 aliphatic carbocycles. The van der Waals surface area contributed by atoms with Crippen molar-refractivity contribution in [2.45, 2.75) is 31.3 Å². The zero-order valence-corrected chi connectivity index (χ0v) is 15.0. The molecular formula is C20H22ClN3O. The highest BCUT2D eigenvalue weighted by atomic mass is 35.5. The van der Waals surface area contributed by atoms with Crippen LogP contribution in [0, 0.1) is 0 Å². The van der Waals surface area contributed by atoms with Crippen molar-refractivity contribution in [1.29, 1.82) is 0 Å². The van der Waals surface area contributed by atoms with E-state index in [-0.39, 0.29) is 11.6 Å². The van der Waals surface area contributed by atoms with Gasteiger partial charge >= 0.3 is 0 Å². The van der Waals surface area contributed by atoms with Gasteiger partial charge in [-0.15, -0.1) is 0 Å². The van der Waals surface area contributed by atoms with E-state index in [4.69, 9.17) is 21.3 Å². The van der Waals surface area contributed by atoms with Gasteiger partial charge in [0.25, 0.3) is 0 Å². The molecule has 1 atom stereocenters. The second-order valence-electron chi connectivity index (χ2n) is 6.67. The molecular weight excluding hydrogens is 334 g/mol. The second kappa shape index (κ2) is 6.70. The Morgan fingerprint density at radius 3 is 2.48 bits per heavy atom. The number of para-hydroxylation sites is 2. The Hall–Kier alpha value is -2.04. The van der Waals surface area contributed by atoms with E-state index in [1.54, 1.807) is 0 Å². The van der Waals surface area contributed by atoms with E-state index < -0.39 is 0 Å². The molecule has 1 spiro atoms. The van der Waals surface area contributed by atoms with Gasteiger partial charge in [0, 0.05) is 31.1 Å². The Bertz CT molecular complexity index is 799. The van der Waals surface area contributed by atoms with E-state index >= 15 is 0 Å². The molecule has 1 unspecified atom stereocenters. The number of hydrogen-bond acceptors (Lipinski definition) is 3. The molecule has 2 aromatic rings. The van der Waals surface area contributed by atoms with Gasteiger partial charge in [0.05, 0.1) is 23.0 Å². The van der Waals surface area contributed by atoms with Gasteiger partial charge in [-0.3, -0.25) is 4.99 Å². The number of halogens is 1. The maximum Gasteiger partial charge on any atom is 0.128 e. The van der Waals surface area contributed by atoms with Crippen molar-refractivity contribution in [2.75, 3.05) is 23.8 Å². The molecule has 130 valence electrons. The molecule has 2 aliphatic heterocycles. The highest BCUT2D eigenvalue weighted by molar-refractivity contribution is 6.31. The van der Waals surface area contributed by atoms with Crippen molar-refractivity contribution in [1.82, 2.24) is 0 Å². The van der Waals surface area contributed by atoms with E-state index in [1.807, 2.05) is 30.3 Å². The minimum atomic E-state index is -0.206. The highest BCUT2D eigenvalue weighted by Gasteiger charge is 2.41. The van der Waals surface area contributed by atoms with Gasteiger partial charge in [-0.05, 0) is 30.7 Å². The van der Waals surface area contributed by atoms with Crippen molar-refractivity contribution in [3.63, 3.8) is 0 Å². The van der Waals surface area contributed by atoms with Gasteiger partial charge in [-0.25, -0.2) is 0 Å². The van der Waals surface area contributed by atoms with E-state index in [0.717, 1.165) is 53.9 Å². The van der Waals surface area contributed by atoms with Crippen LogP contribution >= 0.6 is 11.6 Å². The zero-order chi connectivity index (χ0) is 17.3. The molecule has 4 rings (SSSR count). The van der Waals surface area contributed by atoms with Crippen LogP contribution in [-0.4, -0.2) is 24.6 Å². The predicted molar refractivity (Wildman–Crippen MR) is 104 cm³/mol. The lowest BCUT2D eigenvalue weighted by molar-refractivity contribution is 0.0778. The number of nitrogens with zero attached hydrogens (tertiary/aromatic N) is 1. The van der Waals surface area contributed by atoms with Crippen LogP contribution in [0.25, 0.3) is 0 Å². The summed E-state index contributed by atoms with van der Waals surface area (Å²) < 4.78 is 5.60. The van der Waals surface area contributed by atoms with Gasteiger partial charge in [-0.2, -0.15) is 0 Å². The highest BCUT2D eigenvalue weighted by Crippen LogP contribution is 2.37. The standard InChI is InChI=1S/C20H22ClN3O/c1-14(15-6-2-3-7-16(15)21)22-19-20(10-12-25-13-11-20)24-18-9-5-4-8-17(18)23-19/h2-9,14,24H,10-13H2,1H3,(H,22,23). The number of fused-ring (bicyclic) bond motifs is 1. The molecule has 5 heteroatoms. The predicted octanol–water partition coefficient (Wildman–Crippen LogP) is 4.89. The lowest BCUT2D eigenvalue weighted by atomic mass is 9.85. The fourth-order valence-electron chi connectivity index (χ4n) is 3.58. The Labute approximate surface area is 153 Å². The number of amidine groups is 1. The Kier molecular flexibility index (Phi) is 4.40. The Morgan fingerprint density at radius 2 is 1.72 bits per heavy atom. The number of nitrogens with one attached hydrogen (secondary N) is 2. The molecule has 2 heterocycles. The summed E-state index contributed by atoms with van der Waals surface area (Å²) in [6, 6.07) is 16.1. The molecule has 0 aromatic heterocycles. The first-order valence-electron chi connectivity index (χ1n) is 8.73. The third kappa shape index (κ3) is 3.12. The van der Waals surface area contributed by atoms with Crippen LogP contribution in [0.2, 0.25) is 5.02 Å². The Morgan fingerprint density at radius 1 is 1.04 bits per heavy atom. The van der Waals surface area contributed by atoms with Crippen LogP contribution in [-0.2, 0) is 4.74 Å². The average molecular weight is 356 g/mol. The summed E-state index contributed by atoms with van der Waals surface area (Å²) in [7, 11) is 0. The molecule has 0 saturated carbocycles. The monoisotopic (exact) mass is 355 g/mol. The summed E-state index contributed by atoms with van der Waals surface area (Å²) in [4.78, 5) is 5.05. The van der Waals surface area contributed by atoms with Crippen LogP contribution in [0.3, 0.4) is 0 Å². The maximum absolute atomic E-state index is 6.37. The first-order chi connectivity index (χ1) is 12.2. The summed E-state index contributed by atoms with van der Waals surface area (Å²) in [5, 5.41) is 8.05. The van der Waals surface area contributed by atoms with Gasteiger partial charge in [0.15, 0.2) is 0 Å². The first kappa shape index (κ1) is 16.4. The number of benzene rings is 2. The lowest BCUT2D eigenvalue weighted by Gasteiger charge is -2.44. The van der Waals surface area contributed by atoms with E-state index in [0.29, 0.717) is 0 Å². The molecule has 1 saturated heterocycles. The molecule has 0 amide bonds. The van der Waals surface area contributed by atoms with Gasteiger partial charge < -0.3 is 15.4 Å². The lowest BCUT2D eigenvalue weighted by Crippen LogP contribution is -2.55. The van der Waals surface area contributed by atoms with Crippen LogP contribution in [0.4, 0.5) is 11.4 Å². The molecule has 1 fully saturated rings. The number of ether oxygens (including phenoxy) is 1. The van der Waals surface area contributed by atoms with E-state index in [9.17, 15) is 0 Å². The first-order valence-corrected chi connectivity index (χ1v) is 9.10. The molecule has 2 aromatic carbocycles. The quantitative estimate of drug-likeness (QED) is 0.806. The average Bonchev–Trinajstić information content (AvgIpc) is 2.63. The third-order valence-corrected chi connectivity index (χ3v) is 5.38. The van der Waals surface area contributed by atoms with Crippen LogP contribution in [0.15, 0.2) is 53.5 Å². The summed E-state index contributed by atoms with van der Waals surface area (Å²) in [5.41, 5.74) is 3.01. The van der Waals surface area contributed by atoms with E-state index in [2.05, 4.69) is 35.8 Å². The molecule has 0 bridgehead atoms. The van der Waals surface area contributed by atoms with Crippen molar-refractivity contribution < 1.29 is 4.74 Å². The molecule has 0 radical (unpaired) electrons. The van der Waals surface area contributed by atoms with Crippen LogP contribution < -0.4 is 10.6 Å². The molecule has 2 aliphatic rings.